The first-order valence-corrected chi connectivity index (χ1v) is 9.89. The normalized spacial score (nSPS) is 20.6. The Bertz CT molecular complexity index is 699. The van der Waals surface area contributed by atoms with Gasteiger partial charge in [0.1, 0.15) is 6.04 Å². The summed E-state index contributed by atoms with van der Waals surface area (Å²) in [5.74, 6) is 0.521. The van der Waals surface area contributed by atoms with E-state index >= 15 is 0 Å². The Hall–Kier alpha value is -2.37. The van der Waals surface area contributed by atoms with Crippen molar-refractivity contribution in [2.24, 2.45) is 0 Å². The molecule has 1 N–H and O–H groups in total. The maximum absolute atomic E-state index is 12.7. The summed E-state index contributed by atoms with van der Waals surface area (Å²) in [7, 11) is 0. The van der Waals surface area contributed by atoms with E-state index in [0.717, 1.165) is 12.0 Å². The fraction of sp³-hybridized carbons (Fsp3) is 0.571. The van der Waals surface area contributed by atoms with E-state index in [0.29, 0.717) is 51.4 Å². The Morgan fingerprint density at radius 3 is 2.37 bits per heavy atom. The zero-order valence-electron chi connectivity index (χ0n) is 16.2. The van der Waals surface area contributed by atoms with E-state index in [4.69, 9.17) is 0 Å². The molecule has 3 amide bonds. The minimum Gasteiger partial charge on any atom is -0.344 e. The lowest BCUT2D eigenvalue weighted by Gasteiger charge is -2.24. The molecule has 3 rings (SSSR count). The highest BCUT2D eigenvalue weighted by molar-refractivity contribution is 5.90. The molecule has 0 spiro atoms. The molecule has 2 saturated heterocycles. The van der Waals surface area contributed by atoms with Crippen molar-refractivity contribution in [2.45, 2.75) is 51.5 Å². The molecule has 0 radical (unpaired) electrons. The molecule has 1 atom stereocenters. The second kappa shape index (κ2) is 8.55. The molecule has 0 saturated carbocycles. The Balaban J connectivity index is 1.53. The van der Waals surface area contributed by atoms with Crippen molar-refractivity contribution < 1.29 is 14.4 Å². The third kappa shape index (κ3) is 4.87. The van der Waals surface area contributed by atoms with Crippen LogP contribution >= 0.6 is 0 Å². The Morgan fingerprint density at radius 1 is 1.07 bits per heavy atom. The number of benzene rings is 1. The predicted octanol–water partition coefficient (Wildman–Crippen LogP) is 1.69. The quantitative estimate of drug-likeness (QED) is 0.876. The predicted molar refractivity (Wildman–Crippen MR) is 103 cm³/mol. The van der Waals surface area contributed by atoms with Gasteiger partial charge in [0.25, 0.3) is 0 Å². The molecule has 27 heavy (non-hydrogen) atoms. The van der Waals surface area contributed by atoms with E-state index < -0.39 is 0 Å². The Labute approximate surface area is 160 Å². The van der Waals surface area contributed by atoms with Crippen molar-refractivity contribution in [3.63, 3.8) is 0 Å². The van der Waals surface area contributed by atoms with Crippen molar-refractivity contribution in [1.82, 2.24) is 15.1 Å². The molecule has 2 heterocycles. The van der Waals surface area contributed by atoms with Crippen molar-refractivity contribution in [1.29, 1.82) is 0 Å². The number of nitrogens with zero attached hydrogens (tertiary/aromatic N) is 2. The number of rotatable bonds is 4. The van der Waals surface area contributed by atoms with Gasteiger partial charge >= 0.3 is 0 Å². The van der Waals surface area contributed by atoms with Gasteiger partial charge in [-0.25, -0.2) is 0 Å². The average Bonchev–Trinajstić information content (AvgIpc) is 2.93. The lowest BCUT2D eigenvalue weighted by Crippen LogP contribution is -2.46. The van der Waals surface area contributed by atoms with Crippen LogP contribution in [0.4, 0.5) is 0 Å². The van der Waals surface area contributed by atoms with Crippen molar-refractivity contribution >= 4 is 17.7 Å². The van der Waals surface area contributed by atoms with Gasteiger partial charge in [-0.05, 0) is 29.9 Å². The van der Waals surface area contributed by atoms with Gasteiger partial charge in [0.15, 0.2) is 0 Å². The second-order valence-electron chi connectivity index (χ2n) is 7.79. The maximum atomic E-state index is 12.7. The zero-order chi connectivity index (χ0) is 19.4. The summed E-state index contributed by atoms with van der Waals surface area (Å²) in [5.41, 5.74) is 2.30. The summed E-state index contributed by atoms with van der Waals surface area (Å²) in [6, 6.07) is 7.85. The summed E-state index contributed by atoms with van der Waals surface area (Å²) < 4.78 is 0. The van der Waals surface area contributed by atoms with Crippen LogP contribution in [0, 0.1) is 0 Å². The van der Waals surface area contributed by atoms with Crippen LogP contribution in [-0.2, 0) is 20.8 Å². The van der Waals surface area contributed by atoms with Crippen LogP contribution in [0.25, 0.3) is 0 Å². The molecular formula is C21H29N3O3. The monoisotopic (exact) mass is 371 g/mol. The van der Waals surface area contributed by atoms with E-state index in [-0.39, 0.29) is 23.8 Å². The first-order chi connectivity index (χ1) is 12.9. The highest BCUT2D eigenvalue weighted by Gasteiger charge is 2.32. The van der Waals surface area contributed by atoms with E-state index in [1.54, 1.807) is 4.90 Å². The van der Waals surface area contributed by atoms with Gasteiger partial charge < -0.3 is 15.1 Å². The van der Waals surface area contributed by atoms with E-state index in [2.05, 4.69) is 31.3 Å². The smallest absolute Gasteiger partial charge is 0.245 e. The minimum absolute atomic E-state index is 0.0144. The van der Waals surface area contributed by atoms with Crippen LogP contribution in [0.3, 0.4) is 0 Å². The van der Waals surface area contributed by atoms with E-state index in [9.17, 15) is 14.4 Å². The molecule has 1 aromatic carbocycles. The average molecular weight is 371 g/mol. The van der Waals surface area contributed by atoms with Crippen LogP contribution in [0.5, 0.6) is 0 Å². The Kier molecular flexibility index (Phi) is 6.14. The lowest BCUT2D eigenvalue weighted by atomic mass is 10.0. The fourth-order valence-corrected chi connectivity index (χ4v) is 3.71. The largest absolute Gasteiger partial charge is 0.344 e. The zero-order valence-corrected chi connectivity index (χ0v) is 16.2. The summed E-state index contributed by atoms with van der Waals surface area (Å²) in [5, 5.41) is 2.74. The number of hydrogen-bond acceptors (Lipinski definition) is 3. The number of carbonyl (C=O) groups is 3. The molecule has 146 valence electrons. The molecule has 2 aliphatic heterocycles. The van der Waals surface area contributed by atoms with Gasteiger partial charge in [-0.3, -0.25) is 14.4 Å². The lowest BCUT2D eigenvalue weighted by molar-refractivity contribution is -0.135. The summed E-state index contributed by atoms with van der Waals surface area (Å²) >= 11 is 0. The van der Waals surface area contributed by atoms with Crippen LogP contribution in [-0.4, -0.2) is 59.7 Å². The van der Waals surface area contributed by atoms with Crippen LogP contribution < -0.4 is 5.32 Å². The first-order valence-electron chi connectivity index (χ1n) is 9.89. The number of amides is 3. The summed E-state index contributed by atoms with van der Waals surface area (Å²) in [6.45, 7) is 6.70. The highest BCUT2D eigenvalue weighted by Crippen LogP contribution is 2.16. The van der Waals surface area contributed by atoms with Crippen molar-refractivity contribution in [2.75, 3.05) is 26.2 Å². The van der Waals surface area contributed by atoms with Gasteiger partial charge in [-0.1, -0.05) is 38.1 Å². The third-order valence-electron chi connectivity index (χ3n) is 5.46. The molecule has 2 fully saturated rings. The maximum Gasteiger partial charge on any atom is 0.245 e. The molecule has 2 aliphatic rings. The van der Waals surface area contributed by atoms with Crippen molar-refractivity contribution in [3.8, 4) is 0 Å². The molecule has 0 bridgehead atoms. The molecule has 6 nitrogen and oxygen atoms in total. The molecule has 1 unspecified atom stereocenters. The standard InChI is InChI=1S/C21H29N3O3/c1-15(2)17-6-4-16(5-7-17)14-20(26)23-10-3-11-24(13-12-23)21(27)18-8-9-19(25)22-18/h4-7,15,18H,3,8-14H2,1-2H3,(H,22,25). The SMILES string of the molecule is CC(C)c1ccc(CC(=O)N2CCCN(C(=O)C3CCC(=O)N3)CC2)cc1. The number of carbonyl (C=O) groups excluding carboxylic acids is 3. The van der Waals surface area contributed by atoms with Crippen LogP contribution in [0.1, 0.15) is 50.2 Å². The Morgan fingerprint density at radius 2 is 1.74 bits per heavy atom. The second-order valence-corrected chi connectivity index (χ2v) is 7.79. The molecule has 0 aromatic heterocycles. The van der Waals surface area contributed by atoms with Gasteiger partial charge in [-0.2, -0.15) is 0 Å². The third-order valence-corrected chi connectivity index (χ3v) is 5.46. The molecule has 1 aromatic rings. The van der Waals surface area contributed by atoms with Gasteiger partial charge in [-0.15, -0.1) is 0 Å². The molecular weight excluding hydrogens is 342 g/mol. The van der Waals surface area contributed by atoms with Crippen molar-refractivity contribution in [3.05, 3.63) is 35.4 Å². The van der Waals surface area contributed by atoms with Gasteiger partial charge in [0.2, 0.25) is 17.7 Å². The molecule has 6 heteroatoms. The van der Waals surface area contributed by atoms with Gasteiger partial charge in [0, 0.05) is 32.6 Å². The topological polar surface area (TPSA) is 69.7 Å². The number of hydrogen-bond donors (Lipinski definition) is 1. The molecule has 0 aliphatic carbocycles. The minimum atomic E-state index is -0.390. The highest BCUT2D eigenvalue weighted by atomic mass is 16.2. The van der Waals surface area contributed by atoms with Crippen LogP contribution in [0.2, 0.25) is 0 Å². The summed E-state index contributed by atoms with van der Waals surface area (Å²) in [6.07, 6.45) is 2.16. The van der Waals surface area contributed by atoms with E-state index in [1.807, 2.05) is 17.0 Å². The van der Waals surface area contributed by atoms with Gasteiger partial charge in [0.05, 0.1) is 6.42 Å². The van der Waals surface area contributed by atoms with E-state index in [1.165, 1.54) is 5.56 Å². The summed E-state index contributed by atoms with van der Waals surface area (Å²) in [4.78, 5) is 40.2. The number of nitrogens with one attached hydrogen (secondary N) is 1. The van der Waals surface area contributed by atoms with Crippen LogP contribution in [0.15, 0.2) is 24.3 Å². The fourth-order valence-electron chi connectivity index (χ4n) is 3.71. The first kappa shape index (κ1) is 19.4.